The third-order valence-corrected chi connectivity index (χ3v) is 6.76. The third kappa shape index (κ3) is 3.51. The van der Waals surface area contributed by atoms with Gasteiger partial charge in [-0.15, -0.1) is 0 Å². The second kappa shape index (κ2) is 8.05. The van der Waals surface area contributed by atoms with Crippen molar-refractivity contribution in [2.75, 3.05) is 13.1 Å². The van der Waals surface area contributed by atoms with Crippen LogP contribution in [0.25, 0.3) is 0 Å². The number of carbonyl (C=O) groups is 3. The lowest BCUT2D eigenvalue weighted by Gasteiger charge is -2.41. The lowest BCUT2D eigenvalue weighted by Crippen LogP contribution is -2.54. The van der Waals surface area contributed by atoms with E-state index in [0.717, 1.165) is 25.0 Å². The summed E-state index contributed by atoms with van der Waals surface area (Å²) >= 11 is 1.81. The van der Waals surface area contributed by atoms with Crippen molar-refractivity contribution in [2.24, 2.45) is 5.92 Å². The highest BCUT2D eigenvalue weighted by molar-refractivity contribution is 14.1. The zero-order valence-electron chi connectivity index (χ0n) is 16.2. The van der Waals surface area contributed by atoms with E-state index < -0.39 is 23.6 Å². The van der Waals surface area contributed by atoms with Gasteiger partial charge in [-0.1, -0.05) is 19.1 Å². The van der Waals surface area contributed by atoms with Gasteiger partial charge in [-0.2, -0.15) is 0 Å². The molecule has 4 rings (SSSR count). The monoisotopic (exact) mass is 524 g/mol. The molecule has 2 atom stereocenters. The van der Waals surface area contributed by atoms with Crippen molar-refractivity contribution in [2.45, 2.75) is 25.8 Å². The number of likely N-dealkylation sites (tertiary alicyclic amines) is 1. The molecule has 1 fully saturated rings. The molecule has 0 saturated carbocycles. The first-order valence-electron chi connectivity index (χ1n) is 9.70. The smallest absolute Gasteiger partial charge is 0.261 e. The molecule has 0 spiro atoms. The van der Waals surface area contributed by atoms with Gasteiger partial charge < -0.3 is 4.90 Å². The van der Waals surface area contributed by atoms with Crippen LogP contribution in [0.4, 0.5) is 8.78 Å². The molecule has 2 unspecified atom stereocenters. The lowest BCUT2D eigenvalue weighted by atomic mass is 9.89. The van der Waals surface area contributed by atoms with Crippen LogP contribution in [0.3, 0.4) is 0 Å². The first-order chi connectivity index (χ1) is 14.3. The largest absolute Gasteiger partial charge is 0.334 e. The van der Waals surface area contributed by atoms with E-state index in [1.807, 2.05) is 29.5 Å². The van der Waals surface area contributed by atoms with Crippen LogP contribution < -0.4 is 0 Å². The molecule has 2 aromatic carbocycles. The van der Waals surface area contributed by atoms with Gasteiger partial charge in [0.25, 0.3) is 17.7 Å². The number of amides is 3. The molecule has 5 nitrogen and oxygen atoms in total. The molecule has 1 saturated heterocycles. The molecule has 0 aromatic heterocycles. The Bertz CT molecular complexity index is 1020. The van der Waals surface area contributed by atoms with E-state index in [1.54, 1.807) is 29.2 Å². The zero-order chi connectivity index (χ0) is 21.6. The minimum absolute atomic E-state index is 0.0370. The number of piperidine rings is 1. The Morgan fingerprint density at radius 1 is 1.10 bits per heavy atom. The normalized spacial score (nSPS) is 21.2. The number of rotatable bonds is 3. The average molecular weight is 524 g/mol. The predicted molar refractivity (Wildman–Crippen MR) is 114 cm³/mol. The first kappa shape index (κ1) is 20.9. The maximum absolute atomic E-state index is 13.8. The number of halogens is 3. The summed E-state index contributed by atoms with van der Waals surface area (Å²) in [6, 6.07) is 8.15. The molecule has 3 amide bonds. The van der Waals surface area contributed by atoms with Crippen molar-refractivity contribution < 1.29 is 23.2 Å². The number of nitrogens with zero attached hydrogens (tertiary/aromatic N) is 2. The molecule has 2 heterocycles. The topological polar surface area (TPSA) is 57.7 Å². The standard InChI is InChI=1S/C22H19F2IN2O3/c1-12-5-4-8-26(22(30)15-9-16(23)17(24)10-18(15)25)19(12)11-27-20(28)13-6-2-3-7-14(13)21(27)29/h2-3,6-7,9-10,12,19H,4-5,8,11H2,1H3. The first-order valence-corrected chi connectivity index (χ1v) is 10.8. The molecular formula is C22H19F2IN2O3. The molecule has 0 N–H and O–H groups in total. The summed E-state index contributed by atoms with van der Waals surface area (Å²) in [7, 11) is 0. The summed E-state index contributed by atoms with van der Waals surface area (Å²) in [5.74, 6) is -3.22. The minimum Gasteiger partial charge on any atom is -0.334 e. The van der Waals surface area contributed by atoms with Crippen LogP contribution in [0.15, 0.2) is 36.4 Å². The molecule has 30 heavy (non-hydrogen) atoms. The van der Waals surface area contributed by atoms with Gasteiger partial charge in [-0.05, 0) is 65.6 Å². The van der Waals surface area contributed by atoms with Gasteiger partial charge in [-0.25, -0.2) is 8.78 Å². The minimum atomic E-state index is -1.08. The average Bonchev–Trinajstić information content (AvgIpc) is 2.96. The lowest BCUT2D eigenvalue weighted by molar-refractivity contribution is 0.0368. The molecular weight excluding hydrogens is 505 g/mol. The number of imide groups is 1. The fourth-order valence-corrected chi connectivity index (χ4v) is 4.87. The van der Waals surface area contributed by atoms with E-state index in [-0.39, 0.29) is 29.8 Å². The van der Waals surface area contributed by atoms with Crippen molar-refractivity contribution in [1.29, 1.82) is 0 Å². The Balaban J connectivity index is 1.63. The van der Waals surface area contributed by atoms with Gasteiger partial charge >= 0.3 is 0 Å². The SMILES string of the molecule is CC1CCCN(C(=O)c2cc(F)c(F)cc2I)C1CN1C(=O)c2ccccc2C1=O. The molecule has 0 aliphatic carbocycles. The van der Waals surface area contributed by atoms with Crippen LogP contribution in [0.2, 0.25) is 0 Å². The van der Waals surface area contributed by atoms with Gasteiger partial charge in [-0.3, -0.25) is 19.3 Å². The number of fused-ring (bicyclic) bond motifs is 1. The fraction of sp³-hybridized carbons (Fsp3) is 0.318. The van der Waals surface area contributed by atoms with E-state index in [4.69, 9.17) is 0 Å². The summed E-state index contributed by atoms with van der Waals surface area (Å²) in [5.41, 5.74) is 0.800. The highest BCUT2D eigenvalue weighted by Gasteiger charge is 2.41. The van der Waals surface area contributed by atoms with E-state index in [9.17, 15) is 23.2 Å². The number of hydrogen-bond acceptors (Lipinski definition) is 3. The van der Waals surface area contributed by atoms with Crippen LogP contribution >= 0.6 is 22.6 Å². The molecule has 0 radical (unpaired) electrons. The van der Waals surface area contributed by atoms with Crippen LogP contribution in [0.5, 0.6) is 0 Å². The van der Waals surface area contributed by atoms with Gasteiger partial charge in [0.1, 0.15) is 0 Å². The van der Waals surface area contributed by atoms with E-state index >= 15 is 0 Å². The maximum atomic E-state index is 13.8. The van der Waals surface area contributed by atoms with Crippen molar-refractivity contribution in [3.8, 4) is 0 Å². The second-order valence-corrected chi connectivity index (χ2v) is 8.86. The van der Waals surface area contributed by atoms with Crippen LogP contribution in [-0.4, -0.2) is 46.7 Å². The van der Waals surface area contributed by atoms with Crippen molar-refractivity contribution in [3.63, 3.8) is 0 Å². The van der Waals surface area contributed by atoms with E-state index in [2.05, 4.69) is 0 Å². The molecule has 2 aliphatic heterocycles. The predicted octanol–water partition coefficient (Wildman–Crippen LogP) is 4.11. The fourth-order valence-electron chi connectivity index (χ4n) is 4.21. The Morgan fingerprint density at radius 3 is 2.33 bits per heavy atom. The molecule has 156 valence electrons. The third-order valence-electron chi connectivity index (χ3n) is 5.86. The molecule has 2 aliphatic rings. The van der Waals surface area contributed by atoms with Crippen LogP contribution in [0, 0.1) is 21.1 Å². The Labute approximate surface area is 186 Å². The zero-order valence-corrected chi connectivity index (χ0v) is 18.4. The van der Waals surface area contributed by atoms with Crippen LogP contribution in [0.1, 0.15) is 50.8 Å². The Hall–Kier alpha value is -2.36. The van der Waals surface area contributed by atoms with E-state index in [0.29, 0.717) is 21.2 Å². The van der Waals surface area contributed by atoms with Gasteiger partial charge in [0.05, 0.1) is 29.3 Å². The van der Waals surface area contributed by atoms with Gasteiger partial charge in [0, 0.05) is 10.1 Å². The molecule has 2 aromatic rings. The highest BCUT2D eigenvalue weighted by Crippen LogP contribution is 2.30. The summed E-state index contributed by atoms with van der Waals surface area (Å²) in [5, 5.41) is 0. The summed E-state index contributed by atoms with van der Waals surface area (Å²) in [4.78, 5) is 41.6. The van der Waals surface area contributed by atoms with Crippen molar-refractivity contribution in [3.05, 3.63) is 68.3 Å². The van der Waals surface area contributed by atoms with Gasteiger partial charge in [0.15, 0.2) is 11.6 Å². The summed E-state index contributed by atoms with van der Waals surface area (Å²) in [6.07, 6.45) is 1.60. The Kier molecular flexibility index (Phi) is 5.61. The van der Waals surface area contributed by atoms with E-state index in [1.165, 1.54) is 4.90 Å². The molecule has 8 heteroatoms. The molecule has 0 bridgehead atoms. The van der Waals surface area contributed by atoms with Gasteiger partial charge in [0.2, 0.25) is 0 Å². The number of hydrogen-bond donors (Lipinski definition) is 0. The highest BCUT2D eigenvalue weighted by atomic mass is 127. The summed E-state index contributed by atoms with van der Waals surface area (Å²) in [6.45, 7) is 2.46. The maximum Gasteiger partial charge on any atom is 0.261 e. The number of carbonyl (C=O) groups excluding carboxylic acids is 3. The van der Waals surface area contributed by atoms with Crippen molar-refractivity contribution >= 4 is 40.3 Å². The quantitative estimate of drug-likeness (QED) is 0.345. The Morgan fingerprint density at radius 2 is 1.70 bits per heavy atom. The van der Waals surface area contributed by atoms with Crippen LogP contribution in [-0.2, 0) is 0 Å². The summed E-state index contributed by atoms with van der Waals surface area (Å²) < 4.78 is 27.6. The van der Waals surface area contributed by atoms with Crippen molar-refractivity contribution in [1.82, 2.24) is 9.80 Å². The number of benzene rings is 2. The second-order valence-electron chi connectivity index (χ2n) is 7.70.